The van der Waals surface area contributed by atoms with Gasteiger partial charge >= 0.3 is 5.97 Å². The van der Waals surface area contributed by atoms with E-state index < -0.39 is 0 Å². The Kier molecular flexibility index (Phi) is 3.44. The van der Waals surface area contributed by atoms with Crippen molar-refractivity contribution in [1.82, 2.24) is 0 Å². The van der Waals surface area contributed by atoms with Crippen LogP contribution in [0.2, 0.25) is 0 Å². The lowest BCUT2D eigenvalue weighted by molar-refractivity contribution is -0.136. The minimum atomic E-state index is -0.231. The van der Waals surface area contributed by atoms with E-state index in [1.54, 1.807) is 0 Å². The van der Waals surface area contributed by atoms with Gasteiger partial charge in [0.1, 0.15) is 0 Å². The first-order valence-corrected chi connectivity index (χ1v) is 7.86. The summed E-state index contributed by atoms with van der Waals surface area (Å²) in [5.41, 5.74) is 1.28. The van der Waals surface area contributed by atoms with Crippen LogP contribution in [-0.4, -0.2) is 13.1 Å². The van der Waals surface area contributed by atoms with Crippen molar-refractivity contribution in [1.29, 1.82) is 0 Å². The Morgan fingerprint density at radius 1 is 1.16 bits per heavy atom. The van der Waals surface area contributed by atoms with Crippen LogP contribution >= 0.6 is 0 Å². The molecule has 0 saturated heterocycles. The maximum absolute atomic E-state index is 11.3. The molecule has 4 aliphatic carbocycles. The lowest BCUT2D eigenvalue weighted by Gasteiger charge is -2.57. The average molecular weight is 262 g/mol. The highest BCUT2D eigenvalue weighted by Gasteiger charge is 2.50. The third-order valence-electron chi connectivity index (χ3n) is 5.82. The van der Waals surface area contributed by atoms with Crippen LogP contribution in [0, 0.1) is 23.2 Å². The van der Waals surface area contributed by atoms with Crippen LogP contribution in [0.1, 0.15) is 57.8 Å². The number of ether oxygens (including phenoxy) is 1. The number of esters is 1. The zero-order chi connectivity index (χ0) is 13.5. The van der Waals surface area contributed by atoms with Gasteiger partial charge in [-0.05, 0) is 81.0 Å². The van der Waals surface area contributed by atoms with Crippen molar-refractivity contribution in [3.8, 4) is 0 Å². The Morgan fingerprint density at radius 3 is 2.16 bits per heavy atom. The lowest BCUT2D eigenvalue weighted by Crippen LogP contribution is -2.45. The van der Waals surface area contributed by atoms with Gasteiger partial charge in [-0.25, -0.2) is 4.79 Å². The summed E-state index contributed by atoms with van der Waals surface area (Å²) in [6, 6.07) is 0. The molecule has 4 bridgehead atoms. The van der Waals surface area contributed by atoms with Crippen LogP contribution in [0.25, 0.3) is 0 Å². The SMILES string of the molecule is C=C(CCCC12CC3CC(CC(C3)C1)C2)C(=O)OC. The molecule has 4 saturated carbocycles. The molecule has 19 heavy (non-hydrogen) atoms. The Balaban J connectivity index is 1.53. The second-order valence-electron chi connectivity index (χ2n) is 7.37. The van der Waals surface area contributed by atoms with Crippen molar-refractivity contribution in [2.75, 3.05) is 7.11 Å². The third-order valence-corrected chi connectivity index (χ3v) is 5.82. The number of rotatable bonds is 5. The largest absolute Gasteiger partial charge is 0.466 e. The molecule has 0 N–H and O–H groups in total. The quantitative estimate of drug-likeness (QED) is 0.550. The van der Waals surface area contributed by atoms with Gasteiger partial charge in [0.05, 0.1) is 7.11 Å². The first-order chi connectivity index (χ1) is 9.10. The fourth-order valence-electron chi connectivity index (χ4n) is 5.52. The Bertz CT molecular complexity index is 347. The number of hydrogen-bond acceptors (Lipinski definition) is 2. The molecule has 0 aliphatic heterocycles. The maximum atomic E-state index is 11.3. The summed E-state index contributed by atoms with van der Waals surface area (Å²) in [4.78, 5) is 11.3. The zero-order valence-corrected chi connectivity index (χ0v) is 12.1. The van der Waals surface area contributed by atoms with Gasteiger partial charge in [-0.3, -0.25) is 0 Å². The smallest absolute Gasteiger partial charge is 0.333 e. The number of methoxy groups -OCH3 is 1. The molecule has 4 aliphatic rings. The van der Waals surface area contributed by atoms with Crippen LogP contribution in [0.5, 0.6) is 0 Å². The number of carbonyl (C=O) groups is 1. The van der Waals surface area contributed by atoms with Gasteiger partial charge in [0.25, 0.3) is 0 Å². The van der Waals surface area contributed by atoms with Crippen molar-refractivity contribution in [2.45, 2.75) is 57.8 Å². The second-order valence-corrected chi connectivity index (χ2v) is 7.37. The number of hydrogen-bond donors (Lipinski definition) is 0. The highest BCUT2D eigenvalue weighted by molar-refractivity contribution is 5.87. The molecular weight excluding hydrogens is 236 g/mol. The van der Waals surface area contributed by atoms with Gasteiger partial charge in [-0.15, -0.1) is 0 Å². The van der Waals surface area contributed by atoms with E-state index in [4.69, 9.17) is 4.74 Å². The molecular formula is C17H26O2. The third kappa shape index (κ3) is 2.59. The molecule has 0 aromatic rings. The van der Waals surface area contributed by atoms with Crippen LogP contribution in [-0.2, 0) is 9.53 Å². The molecule has 0 atom stereocenters. The van der Waals surface area contributed by atoms with Gasteiger partial charge in [0, 0.05) is 5.57 Å². The van der Waals surface area contributed by atoms with Gasteiger partial charge in [-0.2, -0.15) is 0 Å². The summed E-state index contributed by atoms with van der Waals surface area (Å²) in [6.07, 6.45) is 12.1. The van der Waals surface area contributed by atoms with E-state index in [9.17, 15) is 4.79 Å². The maximum Gasteiger partial charge on any atom is 0.333 e. The first-order valence-electron chi connectivity index (χ1n) is 7.86. The van der Waals surface area contributed by atoms with Crippen molar-refractivity contribution in [3.05, 3.63) is 12.2 Å². The van der Waals surface area contributed by atoms with E-state index in [0.29, 0.717) is 11.0 Å². The highest BCUT2D eigenvalue weighted by atomic mass is 16.5. The predicted octanol–water partition coefficient (Wildman–Crippen LogP) is 4.10. The molecule has 4 rings (SSSR count). The van der Waals surface area contributed by atoms with Gasteiger partial charge in [0.2, 0.25) is 0 Å². The monoisotopic (exact) mass is 262 g/mol. The van der Waals surface area contributed by atoms with Crippen molar-refractivity contribution < 1.29 is 9.53 Å². The molecule has 2 heteroatoms. The van der Waals surface area contributed by atoms with E-state index >= 15 is 0 Å². The Labute approximate surface area is 116 Å². The minimum Gasteiger partial charge on any atom is -0.466 e. The van der Waals surface area contributed by atoms with Crippen molar-refractivity contribution in [3.63, 3.8) is 0 Å². The average Bonchev–Trinajstić information content (AvgIpc) is 2.35. The molecule has 106 valence electrons. The van der Waals surface area contributed by atoms with E-state index in [2.05, 4.69) is 6.58 Å². The second kappa shape index (κ2) is 4.96. The molecule has 0 aromatic heterocycles. The molecule has 2 nitrogen and oxygen atoms in total. The molecule has 0 amide bonds. The molecule has 0 heterocycles. The predicted molar refractivity (Wildman–Crippen MR) is 75.6 cm³/mol. The van der Waals surface area contributed by atoms with Gasteiger partial charge < -0.3 is 4.74 Å². The topological polar surface area (TPSA) is 26.3 Å². The summed E-state index contributed by atoms with van der Waals surface area (Å²) in [5.74, 6) is 2.84. The normalized spacial score (nSPS) is 39.3. The summed E-state index contributed by atoms with van der Waals surface area (Å²) in [6.45, 7) is 3.83. The standard InChI is InChI=1S/C17H26O2/c1-12(16(18)19-2)4-3-5-17-9-13-6-14(10-17)8-15(7-13)11-17/h13-15H,1,3-11H2,2H3. The fraction of sp³-hybridized carbons (Fsp3) is 0.824. The number of carbonyl (C=O) groups excluding carboxylic acids is 1. The first kappa shape index (κ1) is 13.2. The van der Waals surface area contributed by atoms with Crippen LogP contribution < -0.4 is 0 Å². The molecule has 0 unspecified atom stereocenters. The van der Waals surface area contributed by atoms with E-state index in [0.717, 1.165) is 30.6 Å². The van der Waals surface area contributed by atoms with E-state index in [-0.39, 0.29) is 5.97 Å². The summed E-state index contributed by atoms with van der Waals surface area (Å²) in [7, 11) is 1.44. The van der Waals surface area contributed by atoms with Gasteiger partial charge in [0.15, 0.2) is 0 Å². The Hall–Kier alpha value is -0.790. The molecule has 4 fully saturated rings. The summed E-state index contributed by atoms with van der Waals surface area (Å²) >= 11 is 0. The van der Waals surface area contributed by atoms with Crippen molar-refractivity contribution >= 4 is 5.97 Å². The summed E-state index contributed by atoms with van der Waals surface area (Å²) < 4.78 is 4.72. The highest BCUT2D eigenvalue weighted by Crippen LogP contribution is 2.61. The molecule has 0 spiro atoms. The van der Waals surface area contributed by atoms with E-state index in [1.807, 2.05) is 0 Å². The van der Waals surface area contributed by atoms with Crippen LogP contribution in [0.3, 0.4) is 0 Å². The van der Waals surface area contributed by atoms with E-state index in [1.165, 1.54) is 52.1 Å². The molecule has 0 radical (unpaired) electrons. The fourth-order valence-corrected chi connectivity index (χ4v) is 5.52. The van der Waals surface area contributed by atoms with Crippen LogP contribution in [0.15, 0.2) is 12.2 Å². The van der Waals surface area contributed by atoms with Crippen molar-refractivity contribution in [2.24, 2.45) is 23.2 Å². The van der Waals surface area contributed by atoms with Crippen LogP contribution in [0.4, 0.5) is 0 Å². The Morgan fingerprint density at radius 2 is 1.68 bits per heavy atom. The lowest BCUT2D eigenvalue weighted by atomic mass is 9.48. The van der Waals surface area contributed by atoms with Gasteiger partial charge in [-0.1, -0.05) is 6.58 Å². The molecule has 0 aromatic carbocycles. The summed E-state index contributed by atoms with van der Waals surface area (Å²) in [5, 5.41) is 0. The zero-order valence-electron chi connectivity index (χ0n) is 12.1. The minimum absolute atomic E-state index is 0.231.